The molecular weight excluding hydrogens is 366 g/mol. The zero-order chi connectivity index (χ0) is 18.1. The zero-order valence-corrected chi connectivity index (χ0v) is 13.9. The molecule has 1 aromatic carbocycles. The predicted molar refractivity (Wildman–Crippen MR) is 85.1 cm³/mol. The average Bonchev–Trinajstić information content (AvgIpc) is 2.86. The van der Waals surface area contributed by atoms with Gasteiger partial charge >= 0.3 is 6.18 Å². The smallest absolute Gasteiger partial charge is 0.369 e. The lowest BCUT2D eigenvalue weighted by Gasteiger charge is -2.13. The highest BCUT2D eigenvalue weighted by atomic mass is 35.5. The van der Waals surface area contributed by atoms with Gasteiger partial charge in [-0.25, -0.2) is 9.67 Å². The Bertz CT molecular complexity index is 811. The fraction of sp³-hybridized carbons (Fsp3) is 0.214. The van der Waals surface area contributed by atoms with Crippen LogP contribution in [0.2, 0.25) is 10.0 Å². The Labute approximate surface area is 145 Å². The summed E-state index contributed by atoms with van der Waals surface area (Å²) in [6, 6.07) is 4.69. The number of halogens is 5. The van der Waals surface area contributed by atoms with Crippen molar-refractivity contribution in [1.82, 2.24) is 14.7 Å². The van der Waals surface area contributed by atoms with Gasteiger partial charge in [0.1, 0.15) is 11.8 Å². The van der Waals surface area contributed by atoms with Crippen molar-refractivity contribution in [2.45, 2.75) is 6.18 Å². The number of nitrogens with zero attached hydrogens (tertiary/aromatic N) is 5. The van der Waals surface area contributed by atoms with Crippen LogP contribution in [0.3, 0.4) is 0 Å². The topological polar surface area (TPSA) is 57.2 Å². The summed E-state index contributed by atoms with van der Waals surface area (Å²) in [5, 5.41) is 12.4. The first kappa shape index (κ1) is 18.1. The molecule has 0 aliphatic rings. The molecule has 126 valence electrons. The minimum absolute atomic E-state index is 0.0127. The number of aromatic nitrogens is 2. The number of hydrogen-bond acceptors (Lipinski definition) is 3. The molecule has 10 heteroatoms. The van der Waals surface area contributed by atoms with Crippen LogP contribution in [0.5, 0.6) is 0 Å². The Kier molecular flexibility index (Phi) is 5.06. The molecule has 0 bridgehead atoms. The second kappa shape index (κ2) is 6.71. The van der Waals surface area contributed by atoms with E-state index in [1.54, 1.807) is 19.0 Å². The van der Waals surface area contributed by atoms with Gasteiger partial charge < -0.3 is 4.90 Å². The maximum absolute atomic E-state index is 12.8. The summed E-state index contributed by atoms with van der Waals surface area (Å²) in [5.74, 6) is 0.198. The molecule has 2 aromatic rings. The third-order valence-electron chi connectivity index (χ3n) is 2.78. The van der Waals surface area contributed by atoms with Crippen molar-refractivity contribution >= 4 is 35.4 Å². The molecule has 0 fully saturated rings. The maximum atomic E-state index is 12.8. The van der Waals surface area contributed by atoms with Crippen LogP contribution in [0.1, 0.15) is 11.3 Å². The van der Waals surface area contributed by atoms with E-state index in [9.17, 15) is 13.2 Å². The van der Waals surface area contributed by atoms with Crippen LogP contribution in [0.4, 0.5) is 19.0 Å². The largest absolute Gasteiger partial charge is 0.416 e. The van der Waals surface area contributed by atoms with E-state index < -0.39 is 11.7 Å². The fourth-order valence-corrected chi connectivity index (χ4v) is 2.44. The minimum atomic E-state index is -4.58. The molecule has 1 aromatic heterocycles. The maximum Gasteiger partial charge on any atom is 0.416 e. The normalized spacial score (nSPS) is 11.8. The molecule has 0 saturated carbocycles. The van der Waals surface area contributed by atoms with Gasteiger partial charge in [-0.2, -0.15) is 23.5 Å². The first-order valence-electron chi connectivity index (χ1n) is 6.41. The van der Waals surface area contributed by atoms with Crippen molar-refractivity contribution in [3.63, 3.8) is 0 Å². The fourth-order valence-electron chi connectivity index (χ4n) is 1.79. The van der Waals surface area contributed by atoms with Gasteiger partial charge in [0, 0.05) is 20.2 Å². The van der Waals surface area contributed by atoms with E-state index in [0.717, 1.165) is 16.8 Å². The molecule has 0 spiro atoms. The zero-order valence-electron chi connectivity index (χ0n) is 12.4. The highest BCUT2D eigenvalue weighted by molar-refractivity contribution is 6.37. The summed E-state index contributed by atoms with van der Waals surface area (Å²) in [6.07, 6.45) is -3.14. The van der Waals surface area contributed by atoms with E-state index in [2.05, 4.69) is 10.1 Å². The van der Waals surface area contributed by atoms with E-state index >= 15 is 0 Å². The standard InChI is InChI=1S/C14H10Cl2F3N5/c1-23(2)7-21-12-5-9(6-20)22-24(12)13-10(15)3-8(4-11(13)16)14(17,18)19/h3-5,7H,1-2H3/b21-7+. The van der Waals surface area contributed by atoms with Gasteiger partial charge in [0.2, 0.25) is 0 Å². The van der Waals surface area contributed by atoms with Crippen molar-refractivity contribution in [2.75, 3.05) is 14.1 Å². The van der Waals surface area contributed by atoms with Crippen molar-refractivity contribution in [3.05, 3.63) is 39.5 Å². The summed E-state index contributed by atoms with van der Waals surface area (Å²) in [6.45, 7) is 0. The number of nitriles is 1. The van der Waals surface area contributed by atoms with Crippen molar-refractivity contribution < 1.29 is 13.2 Å². The number of aliphatic imine (C=N–C) groups is 1. The lowest BCUT2D eigenvalue weighted by molar-refractivity contribution is -0.137. The molecular formula is C14H10Cl2F3N5. The Morgan fingerprint density at radius 1 is 1.25 bits per heavy atom. The third kappa shape index (κ3) is 3.80. The van der Waals surface area contributed by atoms with Gasteiger partial charge in [0.25, 0.3) is 0 Å². The molecule has 0 aliphatic heterocycles. The van der Waals surface area contributed by atoms with E-state index in [0.29, 0.717) is 0 Å². The van der Waals surface area contributed by atoms with Crippen LogP contribution >= 0.6 is 23.2 Å². The van der Waals surface area contributed by atoms with Crippen LogP contribution in [0.15, 0.2) is 23.2 Å². The molecule has 24 heavy (non-hydrogen) atoms. The molecule has 0 amide bonds. The lowest BCUT2D eigenvalue weighted by Crippen LogP contribution is -2.08. The van der Waals surface area contributed by atoms with Gasteiger partial charge in [-0.15, -0.1) is 0 Å². The van der Waals surface area contributed by atoms with Crippen molar-refractivity contribution in [1.29, 1.82) is 5.26 Å². The second-order valence-electron chi connectivity index (χ2n) is 4.91. The first-order chi connectivity index (χ1) is 11.1. The molecule has 1 heterocycles. The molecule has 0 radical (unpaired) electrons. The van der Waals surface area contributed by atoms with Gasteiger partial charge in [0.05, 0.1) is 21.9 Å². The van der Waals surface area contributed by atoms with Gasteiger partial charge in [0.15, 0.2) is 11.5 Å². The van der Waals surface area contributed by atoms with Crippen LogP contribution in [0.25, 0.3) is 5.69 Å². The quantitative estimate of drug-likeness (QED) is 0.593. The average molecular weight is 376 g/mol. The molecule has 0 unspecified atom stereocenters. The second-order valence-corrected chi connectivity index (χ2v) is 5.72. The van der Waals surface area contributed by atoms with Crippen molar-refractivity contribution in [2.24, 2.45) is 4.99 Å². The van der Waals surface area contributed by atoms with E-state index in [1.165, 1.54) is 12.4 Å². The summed E-state index contributed by atoms with van der Waals surface area (Å²) >= 11 is 11.9. The van der Waals surface area contributed by atoms with Gasteiger partial charge in [-0.3, -0.25) is 0 Å². The van der Waals surface area contributed by atoms with Gasteiger partial charge in [-0.1, -0.05) is 23.2 Å². The summed E-state index contributed by atoms with van der Waals surface area (Å²) < 4.78 is 39.6. The molecule has 0 aliphatic carbocycles. The highest BCUT2D eigenvalue weighted by Gasteiger charge is 2.32. The van der Waals surface area contributed by atoms with Gasteiger partial charge in [-0.05, 0) is 12.1 Å². The Hall–Kier alpha value is -2.24. The number of benzene rings is 1. The number of rotatable bonds is 3. The molecule has 0 N–H and O–H groups in total. The highest BCUT2D eigenvalue weighted by Crippen LogP contribution is 2.38. The van der Waals surface area contributed by atoms with E-state index in [-0.39, 0.29) is 27.2 Å². The molecule has 0 saturated heterocycles. The minimum Gasteiger partial charge on any atom is -0.369 e. The molecule has 5 nitrogen and oxygen atoms in total. The Morgan fingerprint density at radius 2 is 1.83 bits per heavy atom. The van der Waals surface area contributed by atoms with Crippen LogP contribution in [-0.4, -0.2) is 35.1 Å². The summed E-state index contributed by atoms with van der Waals surface area (Å²) in [5.41, 5.74) is -0.945. The Balaban J connectivity index is 2.64. The number of alkyl halides is 3. The molecule has 2 rings (SSSR count). The number of hydrogen-bond donors (Lipinski definition) is 0. The Morgan fingerprint density at radius 3 is 2.29 bits per heavy atom. The first-order valence-corrected chi connectivity index (χ1v) is 7.16. The monoisotopic (exact) mass is 375 g/mol. The van der Waals surface area contributed by atoms with Crippen LogP contribution in [-0.2, 0) is 6.18 Å². The van der Waals surface area contributed by atoms with E-state index in [4.69, 9.17) is 28.5 Å². The van der Waals surface area contributed by atoms with Crippen molar-refractivity contribution in [3.8, 4) is 11.8 Å². The molecule has 0 atom stereocenters. The summed E-state index contributed by atoms with van der Waals surface area (Å²) in [4.78, 5) is 5.75. The SMILES string of the molecule is CN(C)/C=N/c1cc(C#N)nn1-c1c(Cl)cc(C(F)(F)F)cc1Cl. The predicted octanol–water partition coefficient (Wildman–Crippen LogP) is 4.29. The van der Waals surface area contributed by atoms with Crippen LogP contribution in [0, 0.1) is 11.3 Å². The lowest BCUT2D eigenvalue weighted by atomic mass is 10.2. The van der Waals surface area contributed by atoms with E-state index in [1.807, 2.05) is 6.07 Å². The third-order valence-corrected chi connectivity index (χ3v) is 3.36. The van der Waals surface area contributed by atoms with Crippen LogP contribution < -0.4 is 0 Å². The summed E-state index contributed by atoms with van der Waals surface area (Å²) in [7, 11) is 3.46.